The number of carbonyl (C=O) groups is 1. The Morgan fingerprint density at radius 1 is 1.03 bits per heavy atom. The molecule has 1 atom stereocenters. The first-order chi connectivity index (χ1) is 14.3. The topological polar surface area (TPSA) is 57.7 Å². The monoisotopic (exact) mass is 446 g/mol. The molecular formula is C23H30N2O3S2. The molecule has 0 aliphatic carbocycles. The van der Waals surface area contributed by atoms with Crippen molar-refractivity contribution >= 4 is 27.3 Å². The summed E-state index contributed by atoms with van der Waals surface area (Å²) in [4.78, 5) is 17.0. The van der Waals surface area contributed by atoms with Crippen molar-refractivity contribution in [3.8, 4) is 0 Å². The second-order valence-corrected chi connectivity index (χ2v) is 11.5. The van der Waals surface area contributed by atoms with Gasteiger partial charge in [-0.05, 0) is 69.0 Å². The molecule has 2 aliphatic heterocycles. The molecule has 0 N–H and O–H groups in total. The van der Waals surface area contributed by atoms with Gasteiger partial charge in [0.25, 0.3) is 0 Å². The summed E-state index contributed by atoms with van der Waals surface area (Å²) in [6.07, 6.45) is 3.24. The standard InChI is InChI=1S/C23H30N2O3S2/c1-16-14-17(2)22(18(3)15-16)30(27,28)24-11-8-19(9-12-24)23(26)25-10-4-6-20(25)21-7-5-13-29-21/h5,7,13-15,19-20H,4,6,8-12H2,1-3H3. The Morgan fingerprint density at radius 2 is 1.70 bits per heavy atom. The predicted octanol–water partition coefficient (Wildman–Crippen LogP) is 4.44. The summed E-state index contributed by atoms with van der Waals surface area (Å²) in [5, 5.41) is 2.06. The van der Waals surface area contributed by atoms with E-state index in [4.69, 9.17) is 0 Å². The molecule has 7 heteroatoms. The van der Waals surface area contributed by atoms with E-state index < -0.39 is 10.0 Å². The molecule has 30 heavy (non-hydrogen) atoms. The lowest BCUT2D eigenvalue weighted by molar-refractivity contribution is -0.137. The summed E-state index contributed by atoms with van der Waals surface area (Å²) in [6.45, 7) is 7.32. The lowest BCUT2D eigenvalue weighted by atomic mass is 9.96. The fraction of sp³-hybridized carbons (Fsp3) is 0.522. The molecule has 1 aromatic heterocycles. The van der Waals surface area contributed by atoms with Gasteiger partial charge in [-0.2, -0.15) is 4.31 Å². The number of hydrogen-bond donors (Lipinski definition) is 0. The van der Waals surface area contributed by atoms with E-state index in [-0.39, 0.29) is 17.9 Å². The van der Waals surface area contributed by atoms with Crippen molar-refractivity contribution < 1.29 is 13.2 Å². The number of hydrogen-bond acceptors (Lipinski definition) is 4. The summed E-state index contributed by atoms with van der Waals surface area (Å²) >= 11 is 1.71. The number of nitrogens with zero attached hydrogens (tertiary/aromatic N) is 2. The number of sulfonamides is 1. The summed E-state index contributed by atoms with van der Waals surface area (Å²) in [6, 6.07) is 8.20. The summed E-state index contributed by atoms with van der Waals surface area (Å²) < 4.78 is 28.2. The lowest BCUT2D eigenvalue weighted by Crippen LogP contribution is -2.44. The Balaban J connectivity index is 1.46. The number of rotatable bonds is 4. The SMILES string of the molecule is Cc1cc(C)c(S(=O)(=O)N2CCC(C(=O)N3CCCC3c3cccs3)CC2)c(C)c1. The van der Waals surface area contributed by atoms with Crippen LogP contribution >= 0.6 is 11.3 Å². The third-order valence-corrected chi connectivity index (χ3v) is 9.59. The predicted molar refractivity (Wildman–Crippen MR) is 120 cm³/mol. The Bertz CT molecular complexity index is 1000. The van der Waals surface area contributed by atoms with E-state index in [2.05, 4.69) is 11.4 Å². The number of aryl methyl sites for hydroxylation is 3. The fourth-order valence-electron chi connectivity index (χ4n) is 5.09. The number of amides is 1. The van der Waals surface area contributed by atoms with Gasteiger partial charge in [0, 0.05) is 30.4 Å². The van der Waals surface area contributed by atoms with Crippen molar-refractivity contribution in [1.82, 2.24) is 9.21 Å². The maximum Gasteiger partial charge on any atom is 0.243 e. The quantitative estimate of drug-likeness (QED) is 0.698. The first-order valence-electron chi connectivity index (χ1n) is 10.7. The molecule has 1 amide bonds. The van der Waals surface area contributed by atoms with Crippen LogP contribution in [0.3, 0.4) is 0 Å². The van der Waals surface area contributed by atoms with Gasteiger partial charge in [0.1, 0.15) is 0 Å². The molecule has 4 rings (SSSR count). The van der Waals surface area contributed by atoms with Gasteiger partial charge in [0.05, 0.1) is 10.9 Å². The van der Waals surface area contributed by atoms with Crippen molar-refractivity contribution in [1.29, 1.82) is 0 Å². The summed E-state index contributed by atoms with van der Waals surface area (Å²) in [5.41, 5.74) is 2.65. The average molecular weight is 447 g/mol. The summed E-state index contributed by atoms with van der Waals surface area (Å²) in [5.74, 6) is 0.114. The highest BCUT2D eigenvalue weighted by atomic mass is 32.2. The van der Waals surface area contributed by atoms with Crippen LogP contribution in [-0.2, 0) is 14.8 Å². The molecule has 2 aliphatic rings. The molecule has 5 nitrogen and oxygen atoms in total. The van der Waals surface area contributed by atoms with E-state index in [0.717, 1.165) is 36.1 Å². The van der Waals surface area contributed by atoms with Crippen molar-refractivity contribution in [2.45, 2.75) is 57.4 Å². The van der Waals surface area contributed by atoms with Crippen LogP contribution in [0.15, 0.2) is 34.5 Å². The van der Waals surface area contributed by atoms with Crippen molar-refractivity contribution in [2.24, 2.45) is 5.92 Å². The van der Waals surface area contributed by atoms with Gasteiger partial charge in [0.2, 0.25) is 15.9 Å². The van der Waals surface area contributed by atoms with Crippen molar-refractivity contribution in [2.75, 3.05) is 19.6 Å². The first kappa shape index (κ1) is 21.5. The third kappa shape index (κ3) is 3.95. The van der Waals surface area contributed by atoms with Gasteiger partial charge in [-0.15, -0.1) is 11.3 Å². The normalized spacial score (nSPS) is 21.3. The van der Waals surface area contributed by atoms with Gasteiger partial charge < -0.3 is 4.90 Å². The van der Waals surface area contributed by atoms with Gasteiger partial charge in [-0.25, -0.2) is 8.42 Å². The minimum absolute atomic E-state index is 0.0859. The maximum atomic E-state index is 13.3. The smallest absolute Gasteiger partial charge is 0.243 e. The van der Waals surface area contributed by atoms with Crippen LogP contribution in [0.5, 0.6) is 0 Å². The lowest BCUT2D eigenvalue weighted by Gasteiger charge is -2.34. The zero-order chi connectivity index (χ0) is 21.5. The highest BCUT2D eigenvalue weighted by molar-refractivity contribution is 7.89. The average Bonchev–Trinajstić information content (AvgIpc) is 3.38. The minimum atomic E-state index is -3.54. The molecule has 0 bridgehead atoms. The van der Waals surface area contributed by atoms with E-state index in [0.29, 0.717) is 30.8 Å². The molecule has 1 unspecified atom stereocenters. The van der Waals surface area contributed by atoms with Crippen molar-refractivity contribution in [3.63, 3.8) is 0 Å². The van der Waals surface area contributed by atoms with Crippen LogP contribution in [-0.4, -0.2) is 43.2 Å². The number of benzene rings is 1. The largest absolute Gasteiger partial charge is 0.335 e. The number of carbonyl (C=O) groups excluding carboxylic acids is 1. The molecule has 0 radical (unpaired) electrons. The van der Waals surface area contributed by atoms with E-state index >= 15 is 0 Å². The van der Waals surface area contributed by atoms with Crippen LogP contribution in [0.2, 0.25) is 0 Å². The number of piperidine rings is 1. The molecule has 0 spiro atoms. The molecule has 2 fully saturated rings. The molecule has 2 saturated heterocycles. The Hall–Kier alpha value is -1.70. The third-order valence-electron chi connectivity index (χ3n) is 6.41. The van der Waals surface area contributed by atoms with E-state index in [9.17, 15) is 13.2 Å². The number of thiophene rings is 1. The second-order valence-electron chi connectivity index (χ2n) is 8.61. The molecule has 1 aromatic carbocycles. The van der Waals surface area contributed by atoms with E-state index in [1.165, 1.54) is 4.88 Å². The number of likely N-dealkylation sites (tertiary alicyclic amines) is 1. The fourth-order valence-corrected chi connectivity index (χ4v) is 7.84. The Kier molecular flexibility index (Phi) is 6.06. The van der Waals surface area contributed by atoms with Crippen LogP contribution in [0, 0.1) is 26.7 Å². The van der Waals surface area contributed by atoms with Gasteiger partial charge >= 0.3 is 0 Å². The zero-order valence-electron chi connectivity index (χ0n) is 17.9. The van der Waals surface area contributed by atoms with Crippen LogP contribution in [0.4, 0.5) is 0 Å². The second kappa shape index (κ2) is 8.44. The molecule has 0 saturated carbocycles. The first-order valence-corrected chi connectivity index (χ1v) is 13.0. The van der Waals surface area contributed by atoms with E-state index in [1.54, 1.807) is 15.6 Å². The maximum absolute atomic E-state index is 13.3. The van der Waals surface area contributed by atoms with Gasteiger partial charge in [-0.1, -0.05) is 23.8 Å². The van der Waals surface area contributed by atoms with Crippen LogP contribution in [0.25, 0.3) is 0 Å². The minimum Gasteiger partial charge on any atom is -0.335 e. The molecule has 2 aromatic rings. The van der Waals surface area contributed by atoms with Gasteiger partial charge in [0.15, 0.2) is 0 Å². The molecular weight excluding hydrogens is 416 g/mol. The Labute approximate surface area is 183 Å². The van der Waals surface area contributed by atoms with E-state index in [1.807, 2.05) is 43.9 Å². The zero-order valence-corrected chi connectivity index (χ0v) is 19.6. The highest BCUT2D eigenvalue weighted by Gasteiger charge is 2.38. The van der Waals surface area contributed by atoms with Crippen molar-refractivity contribution in [3.05, 3.63) is 51.2 Å². The van der Waals surface area contributed by atoms with Crippen LogP contribution in [0.1, 0.15) is 53.3 Å². The van der Waals surface area contributed by atoms with Crippen LogP contribution < -0.4 is 0 Å². The molecule has 162 valence electrons. The Morgan fingerprint density at radius 3 is 2.30 bits per heavy atom. The van der Waals surface area contributed by atoms with Gasteiger partial charge in [-0.3, -0.25) is 4.79 Å². The molecule has 3 heterocycles. The summed E-state index contributed by atoms with van der Waals surface area (Å²) in [7, 11) is -3.54. The highest BCUT2D eigenvalue weighted by Crippen LogP contribution is 2.37.